The fourth-order valence-corrected chi connectivity index (χ4v) is 6.24. The molecule has 0 amide bonds. The van der Waals surface area contributed by atoms with E-state index in [1.165, 1.54) is 43.4 Å². The molecule has 0 aromatic carbocycles. The van der Waals surface area contributed by atoms with Crippen LogP contribution in [0.1, 0.15) is 81.9 Å². The van der Waals surface area contributed by atoms with Crippen molar-refractivity contribution in [1.82, 2.24) is 4.57 Å². The van der Waals surface area contributed by atoms with Gasteiger partial charge in [0.1, 0.15) is 0 Å². The third kappa shape index (κ3) is 1.69. The van der Waals surface area contributed by atoms with E-state index in [0.29, 0.717) is 16.9 Å². The second-order valence-electron chi connectivity index (χ2n) is 8.87. The van der Waals surface area contributed by atoms with Gasteiger partial charge in [-0.1, -0.05) is 20.8 Å². The number of nitrogens with zero attached hydrogens (tertiary/aromatic N) is 1. The lowest BCUT2D eigenvalue weighted by atomic mass is 9.68. The molecule has 0 spiro atoms. The molecule has 3 aliphatic rings. The standard InChI is InChI=1S/C19H30N2/c1-12-10-14-15(20)6-5-7-16(14)21(12)17-18(2,3)13-8-9-19(17,4)11-13/h10,13,15,17H,5-9,11,20H2,1-4H3. The first kappa shape index (κ1) is 13.9. The molecule has 4 rings (SSSR count). The molecule has 2 saturated carbocycles. The van der Waals surface area contributed by atoms with Crippen LogP contribution in [0.3, 0.4) is 0 Å². The molecular weight excluding hydrogens is 256 g/mol. The molecule has 2 N–H and O–H groups in total. The first-order chi connectivity index (χ1) is 9.84. The Morgan fingerprint density at radius 1 is 1.24 bits per heavy atom. The fourth-order valence-electron chi connectivity index (χ4n) is 6.24. The number of hydrogen-bond acceptors (Lipinski definition) is 1. The number of aryl methyl sites for hydroxylation is 1. The molecule has 2 bridgehead atoms. The van der Waals surface area contributed by atoms with Gasteiger partial charge in [0.2, 0.25) is 0 Å². The average molecular weight is 286 g/mol. The lowest BCUT2D eigenvalue weighted by molar-refractivity contribution is 0.0796. The molecule has 4 atom stereocenters. The van der Waals surface area contributed by atoms with Crippen molar-refractivity contribution in [1.29, 1.82) is 0 Å². The summed E-state index contributed by atoms with van der Waals surface area (Å²) in [5.74, 6) is 0.905. The largest absolute Gasteiger partial charge is 0.344 e. The number of nitrogens with two attached hydrogens (primary N) is 1. The lowest BCUT2D eigenvalue weighted by Crippen LogP contribution is -2.38. The summed E-state index contributed by atoms with van der Waals surface area (Å²) in [5.41, 5.74) is 11.8. The summed E-state index contributed by atoms with van der Waals surface area (Å²) in [6.07, 6.45) is 7.90. The van der Waals surface area contributed by atoms with Crippen molar-refractivity contribution >= 4 is 0 Å². The van der Waals surface area contributed by atoms with Crippen molar-refractivity contribution in [2.75, 3.05) is 0 Å². The average Bonchev–Trinajstić information content (AvgIpc) is 2.99. The van der Waals surface area contributed by atoms with Crippen LogP contribution in [-0.2, 0) is 6.42 Å². The van der Waals surface area contributed by atoms with Crippen LogP contribution in [0.15, 0.2) is 6.07 Å². The Hall–Kier alpha value is -0.760. The van der Waals surface area contributed by atoms with Crippen LogP contribution in [0.5, 0.6) is 0 Å². The molecule has 116 valence electrons. The maximum Gasteiger partial charge on any atom is 0.0443 e. The van der Waals surface area contributed by atoms with Gasteiger partial charge in [-0.2, -0.15) is 0 Å². The third-order valence-electron chi connectivity index (χ3n) is 7.15. The molecule has 2 nitrogen and oxygen atoms in total. The van der Waals surface area contributed by atoms with Crippen LogP contribution in [0.2, 0.25) is 0 Å². The summed E-state index contributed by atoms with van der Waals surface area (Å²) in [7, 11) is 0. The molecule has 1 aromatic rings. The van der Waals surface area contributed by atoms with Gasteiger partial charge in [-0.15, -0.1) is 0 Å². The van der Waals surface area contributed by atoms with E-state index in [0.717, 1.165) is 12.3 Å². The number of fused-ring (bicyclic) bond motifs is 3. The van der Waals surface area contributed by atoms with Crippen LogP contribution in [0.25, 0.3) is 0 Å². The maximum atomic E-state index is 6.39. The SMILES string of the molecule is Cc1cc2c(n1C1C3(C)CCC(C3)C1(C)C)CCCC2N. The summed E-state index contributed by atoms with van der Waals surface area (Å²) in [4.78, 5) is 0. The van der Waals surface area contributed by atoms with Crippen molar-refractivity contribution in [3.8, 4) is 0 Å². The monoisotopic (exact) mass is 286 g/mol. The zero-order chi connectivity index (χ0) is 15.0. The van der Waals surface area contributed by atoms with Gasteiger partial charge < -0.3 is 10.3 Å². The highest BCUT2D eigenvalue weighted by molar-refractivity contribution is 5.34. The second-order valence-corrected chi connectivity index (χ2v) is 8.87. The molecule has 1 heterocycles. The smallest absolute Gasteiger partial charge is 0.0443 e. The normalized spacial score (nSPS) is 40.5. The minimum Gasteiger partial charge on any atom is -0.344 e. The Balaban J connectivity index is 1.88. The Morgan fingerprint density at radius 2 is 2.00 bits per heavy atom. The van der Waals surface area contributed by atoms with E-state index in [9.17, 15) is 0 Å². The van der Waals surface area contributed by atoms with Crippen molar-refractivity contribution in [3.63, 3.8) is 0 Å². The van der Waals surface area contributed by atoms with Crippen LogP contribution < -0.4 is 5.73 Å². The Labute approximate surface area is 129 Å². The molecule has 2 heteroatoms. The van der Waals surface area contributed by atoms with Crippen molar-refractivity contribution < 1.29 is 0 Å². The Morgan fingerprint density at radius 3 is 2.67 bits per heavy atom. The van der Waals surface area contributed by atoms with Gasteiger partial charge in [-0.25, -0.2) is 0 Å². The van der Waals surface area contributed by atoms with E-state index in [1.807, 2.05) is 0 Å². The Kier molecular flexibility index (Phi) is 2.75. The minimum atomic E-state index is 0.267. The Bertz CT molecular complexity index is 578. The maximum absolute atomic E-state index is 6.39. The first-order valence-corrected chi connectivity index (χ1v) is 8.81. The van der Waals surface area contributed by atoms with Crippen LogP contribution in [-0.4, -0.2) is 4.57 Å². The highest BCUT2D eigenvalue weighted by Gasteiger charge is 2.60. The predicted molar refractivity (Wildman–Crippen MR) is 87.3 cm³/mol. The molecule has 0 saturated heterocycles. The molecule has 4 unspecified atom stereocenters. The van der Waals surface area contributed by atoms with Crippen LogP contribution in [0, 0.1) is 23.7 Å². The van der Waals surface area contributed by atoms with E-state index >= 15 is 0 Å². The van der Waals surface area contributed by atoms with Crippen LogP contribution >= 0.6 is 0 Å². The minimum absolute atomic E-state index is 0.267. The van der Waals surface area contributed by atoms with Crippen molar-refractivity contribution in [3.05, 3.63) is 23.0 Å². The summed E-state index contributed by atoms with van der Waals surface area (Å²) in [6.45, 7) is 9.88. The fraction of sp³-hybridized carbons (Fsp3) is 0.789. The van der Waals surface area contributed by atoms with Crippen molar-refractivity contribution in [2.24, 2.45) is 22.5 Å². The van der Waals surface area contributed by atoms with Gasteiger partial charge in [0, 0.05) is 23.5 Å². The van der Waals surface area contributed by atoms with E-state index < -0.39 is 0 Å². The van der Waals surface area contributed by atoms with E-state index in [1.54, 1.807) is 5.69 Å². The van der Waals surface area contributed by atoms with E-state index in [4.69, 9.17) is 5.73 Å². The summed E-state index contributed by atoms with van der Waals surface area (Å²) >= 11 is 0. The zero-order valence-electron chi connectivity index (χ0n) is 14.1. The lowest BCUT2D eigenvalue weighted by Gasteiger charge is -2.45. The van der Waals surface area contributed by atoms with Gasteiger partial charge in [-0.05, 0) is 73.8 Å². The molecule has 3 aliphatic carbocycles. The topological polar surface area (TPSA) is 30.9 Å². The molecule has 0 radical (unpaired) electrons. The first-order valence-electron chi connectivity index (χ1n) is 8.81. The molecule has 0 aliphatic heterocycles. The number of rotatable bonds is 1. The van der Waals surface area contributed by atoms with E-state index in [-0.39, 0.29) is 6.04 Å². The highest BCUT2D eigenvalue weighted by Crippen LogP contribution is 2.68. The van der Waals surface area contributed by atoms with Gasteiger partial charge in [0.25, 0.3) is 0 Å². The summed E-state index contributed by atoms with van der Waals surface area (Å²) < 4.78 is 2.73. The molecular formula is C19H30N2. The number of hydrogen-bond donors (Lipinski definition) is 1. The van der Waals surface area contributed by atoms with Crippen LogP contribution in [0.4, 0.5) is 0 Å². The highest BCUT2D eigenvalue weighted by atomic mass is 15.1. The zero-order valence-corrected chi connectivity index (χ0v) is 14.1. The van der Waals surface area contributed by atoms with Gasteiger partial charge in [0.15, 0.2) is 0 Å². The van der Waals surface area contributed by atoms with Gasteiger partial charge in [-0.3, -0.25) is 0 Å². The summed E-state index contributed by atoms with van der Waals surface area (Å²) in [5, 5.41) is 0. The molecule has 2 fully saturated rings. The summed E-state index contributed by atoms with van der Waals surface area (Å²) in [6, 6.07) is 3.32. The molecule has 21 heavy (non-hydrogen) atoms. The van der Waals surface area contributed by atoms with Gasteiger partial charge >= 0.3 is 0 Å². The second kappa shape index (κ2) is 4.16. The number of aromatic nitrogens is 1. The molecule has 1 aromatic heterocycles. The quantitative estimate of drug-likeness (QED) is 0.808. The van der Waals surface area contributed by atoms with Gasteiger partial charge in [0.05, 0.1) is 0 Å². The van der Waals surface area contributed by atoms with Crippen molar-refractivity contribution in [2.45, 2.75) is 78.3 Å². The third-order valence-corrected chi connectivity index (χ3v) is 7.15. The predicted octanol–water partition coefficient (Wildman–Crippen LogP) is 4.52. The van der Waals surface area contributed by atoms with E-state index in [2.05, 4.69) is 38.3 Å².